The second-order valence-electron chi connectivity index (χ2n) is 7.96. The largest absolute Gasteiger partial charge is 0.443 e. The van der Waals surface area contributed by atoms with Crippen molar-refractivity contribution in [2.75, 3.05) is 20.1 Å². The molecule has 3 heterocycles. The van der Waals surface area contributed by atoms with Crippen LogP contribution in [0.2, 0.25) is 0 Å². The quantitative estimate of drug-likeness (QED) is 0.599. The molecule has 0 bridgehead atoms. The summed E-state index contributed by atoms with van der Waals surface area (Å²) >= 11 is 0. The summed E-state index contributed by atoms with van der Waals surface area (Å²) < 4.78 is 6.08. The van der Waals surface area contributed by atoms with Crippen molar-refractivity contribution in [1.29, 1.82) is 0 Å². The smallest absolute Gasteiger partial charge is 0.237 e. The number of carbonyl (C=O) groups is 1. The molecule has 1 saturated heterocycles. The number of aromatic nitrogens is 2. The van der Waals surface area contributed by atoms with Gasteiger partial charge in [-0.2, -0.15) is 0 Å². The third kappa shape index (κ3) is 5.13. The second-order valence-corrected chi connectivity index (χ2v) is 7.96. The summed E-state index contributed by atoms with van der Waals surface area (Å²) in [6, 6.07) is 14.1. The number of pyridine rings is 1. The molecule has 1 aliphatic heterocycles. The van der Waals surface area contributed by atoms with Crippen LogP contribution in [0.3, 0.4) is 0 Å². The van der Waals surface area contributed by atoms with Crippen molar-refractivity contribution in [1.82, 2.24) is 19.8 Å². The van der Waals surface area contributed by atoms with Crippen LogP contribution < -0.4 is 0 Å². The molecule has 0 spiro atoms. The number of benzene rings is 1. The first-order valence-electron chi connectivity index (χ1n) is 10.5. The zero-order valence-corrected chi connectivity index (χ0v) is 17.4. The summed E-state index contributed by atoms with van der Waals surface area (Å²) in [7, 11) is 1.97. The Morgan fingerprint density at radius 3 is 2.77 bits per heavy atom. The van der Waals surface area contributed by atoms with Gasteiger partial charge in [-0.25, -0.2) is 4.98 Å². The number of rotatable bonds is 7. The molecule has 0 saturated carbocycles. The van der Waals surface area contributed by atoms with Crippen LogP contribution in [-0.4, -0.2) is 45.8 Å². The Balaban J connectivity index is 1.40. The molecule has 0 N–H and O–H groups in total. The molecule has 0 radical (unpaired) electrons. The van der Waals surface area contributed by atoms with Crippen LogP contribution >= 0.6 is 0 Å². The summed E-state index contributed by atoms with van der Waals surface area (Å²) in [5.41, 5.74) is 2.29. The van der Waals surface area contributed by atoms with Crippen LogP contribution in [0.1, 0.15) is 48.1 Å². The highest BCUT2D eigenvalue weighted by atomic mass is 16.4. The summed E-state index contributed by atoms with van der Waals surface area (Å²) in [4.78, 5) is 25.7. The normalized spacial score (nSPS) is 16.7. The number of hydrogen-bond donors (Lipinski definition) is 0. The van der Waals surface area contributed by atoms with E-state index in [1.54, 1.807) is 12.4 Å². The molecule has 6 heteroatoms. The Morgan fingerprint density at radius 1 is 1.13 bits per heavy atom. The maximum absolute atomic E-state index is 13.1. The molecule has 156 valence electrons. The second kappa shape index (κ2) is 9.67. The zero-order chi connectivity index (χ0) is 20.8. The Morgan fingerprint density at radius 2 is 1.97 bits per heavy atom. The molecule has 30 heavy (non-hydrogen) atoms. The van der Waals surface area contributed by atoms with Crippen LogP contribution in [0.25, 0.3) is 0 Å². The highest BCUT2D eigenvalue weighted by Crippen LogP contribution is 2.31. The van der Waals surface area contributed by atoms with Gasteiger partial charge in [-0.05, 0) is 43.5 Å². The minimum Gasteiger partial charge on any atom is -0.443 e. The van der Waals surface area contributed by atoms with Crippen molar-refractivity contribution in [2.45, 2.75) is 38.3 Å². The number of oxazole rings is 1. The van der Waals surface area contributed by atoms with Crippen LogP contribution in [0.15, 0.2) is 65.5 Å². The Bertz CT molecular complexity index is 942. The Labute approximate surface area is 177 Å². The van der Waals surface area contributed by atoms with E-state index in [0.29, 0.717) is 25.4 Å². The number of hydrogen-bond acceptors (Lipinski definition) is 5. The van der Waals surface area contributed by atoms with Crippen molar-refractivity contribution < 1.29 is 9.21 Å². The molecule has 6 nitrogen and oxygen atoms in total. The van der Waals surface area contributed by atoms with Crippen molar-refractivity contribution in [3.63, 3.8) is 0 Å². The molecular formula is C24H28N4O2. The molecule has 1 fully saturated rings. The van der Waals surface area contributed by atoms with E-state index < -0.39 is 0 Å². The molecule has 1 amide bonds. The number of likely N-dealkylation sites (N-methyl/N-ethyl adjacent to an activating group) is 1. The molecule has 0 unspecified atom stereocenters. The van der Waals surface area contributed by atoms with Gasteiger partial charge in [0.2, 0.25) is 11.8 Å². The fourth-order valence-corrected chi connectivity index (χ4v) is 4.02. The van der Waals surface area contributed by atoms with Gasteiger partial charge in [0.25, 0.3) is 0 Å². The standard InChI is InChI=1S/C24H28N4O2/c1-27(17-20-10-7-12-25-15-20)18-23(29)28-13-6-5-11-22(28)24-26-16-21(30-24)14-19-8-3-2-4-9-19/h2-4,7-10,12,15-16,22H,5-6,11,13-14,17-18H2,1H3/t22-/m0/s1. The van der Waals surface area contributed by atoms with Crippen LogP contribution in [0.4, 0.5) is 0 Å². The van der Waals surface area contributed by atoms with E-state index in [2.05, 4.69) is 22.1 Å². The molecule has 0 aliphatic carbocycles. The fraction of sp³-hybridized carbons (Fsp3) is 0.375. The Kier molecular flexibility index (Phi) is 6.54. The minimum atomic E-state index is -0.0810. The van der Waals surface area contributed by atoms with Gasteiger partial charge < -0.3 is 9.32 Å². The fourth-order valence-electron chi connectivity index (χ4n) is 4.02. The molecule has 1 atom stereocenters. The highest BCUT2D eigenvalue weighted by molar-refractivity contribution is 5.78. The lowest BCUT2D eigenvalue weighted by Crippen LogP contribution is -2.43. The number of amides is 1. The lowest BCUT2D eigenvalue weighted by atomic mass is 10.0. The van der Waals surface area contributed by atoms with Crippen molar-refractivity contribution in [2.24, 2.45) is 0 Å². The van der Waals surface area contributed by atoms with Crippen molar-refractivity contribution in [3.05, 3.63) is 83.8 Å². The number of piperidine rings is 1. The van der Waals surface area contributed by atoms with Gasteiger partial charge in [0, 0.05) is 31.9 Å². The van der Waals surface area contributed by atoms with Crippen LogP contribution in [-0.2, 0) is 17.8 Å². The van der Waals surface area contributed by atoms with E-state index in [-0.39, 0.29) is 11.9 Å². The van der Waals surface area contributed by atoms with Gasteiger partial charge >= 0.3 is 0 Å². The molecular weight excluding hydrogens is 376 g/mol. The predicted molar refractivity (Wildman–Crippen MR) is 115 cm³/mol. The van der Waals surface area contributed by atoms with E-state index in [1.807, 2.05) is 53.4 Å². The summed E-state index contributed by atoms with van der Waals surface area (Å²) in [6.07, 6.45) is 9.10. The summed E-state index contributed by atoms with van der Waals surface area (Å²) in [5.74, 6) is 1.61. The van der Waals surface area contributed by atoms with Crippen LogP contribution in [0.5, 0.6) is 0 Å². The number of carbonyl (C=O) groups excluding carboxylic acids is 1. The third-order valence-corrected chi connectivity index (χ3v) is 5.48. The van der Waals surface area contributed by atoms with E-state index in [1.165, 1.54) is 5.56 Å². The van der Waals surface area contributed by atoms with E-state index in [4.69, 9.17) is 4.42 Å². The predicted octanol–water partition coefficient (Wildman–Crippen LogP) is 3.85. The monoisotopic (exact) mass is 404 g/mol. The minimum absolute atomic E-state index is 0.0810. The topological polar surface area (TPSA) is 62.5 Å². The van der Waals surface area contributed by atoms with Gasteiger partial charge in [-0.1, -0.05) is 36.4 Å². The van der Waals surface area contributed by atoms with Gasteiger partial charge in [0.1, 0.15) is 11.8 Å². The molecule has 3 aromatic rings. The van der Waals surface area contributed by atoms with Crippen molar-refractivity contribution in [3.8, 4) is 0 Å². The van der Waals surface area contributed by atoms with Gasteiger partial charge in [-0.3, -0.25) is 14.7 Å². The molecule has 1 aromatic carbocycles. The third-order valence-electron chi connectivity index (χ3n) is 5.48. The average molecular weight is 405 g/mol. The number of likely N-dealkylation sites (tertiary alicyclic amines) is 1. The summed E-state index contributed by atoms with van der Waals surface area (Å²) in [5, 5.41) is 0. The van der Waals surface area contributed by atoms with E-state index in [0.717, 1.165) is 37.1 Å². The average Bonchev–Trinajstić information content (AvgIpc) is 3.23. The number of nitrogens with zero attached hydrogens (tertiary/aromatic N) is 4. The van der Waals surface area contributed by atoms with Gasteiger partial charge in [-0.15, -0.1) is 0 Å². The first kappa shape index (κ1) is 20.3. The van der Waals surface area contributed by atoms with Gasteiger partial charge in [0.05, 0.1) is 12.7 Å². The summed E-state index contributed by atoms with van der Waals surface area (Å²) in [6.45, 7) is 1.81. The van der Waals surface area contributed by atoms with Crippen molar-refractivity contribution >= 4 is 5.91 Å². The zero-order valence-electron chi connectivity index (χ0n) is 17.4. The van der Waals surface area contributed by atoms with Gasteiger partial charge in [0.15, 0.2) is 0 Å². The highest BCUT2D eigenvalue weighted by Gasteiger charge is 2.31. The maximum Gasteiger partial charge on any atom is 0.237 e. The van der Waals surface area contributed by atoms with Crippen LogP contribution in [0, 0.1) is 0 Å². The lowest BCUT2D eigenvalue weighted by Gasteiger charge is -2.34. The first-order chi connectivity index (χ1) is 14.7. The van der Waals surface area contributed by atoms with E-state index >= 15 is 0 Å². The maximum atomic E-state index is 13.1. The Hall–Kier alpha value is -2.99. The molecule has 4 rings (SSSR count). The molecule has 1 aliphatic rings. The van der Waals surface area contributed by atoms with E-state index in [9.17, 15) is 4.79 Å². The molecule has 2 aromatic heterocycles. The lowest BCUT2D eigenvalue weighted by molar-refractivity contribution is -0.136. The first-order valence-corrected chi connectivity index (χ1v) is 10.5. The SMILES string of the molecule is CN(CC(=O)N1CCCC[C@H]1c1ncc(Cc2ccccc2)o1)Cc1cccnc1.